The molecular weight excluding hydrogens is 450 g/mol. The van der Waals surface area contributed by atoms with Gasteiger partial charge in [-0.1, -0.05) is 54.1 Å². The summed E-state index contributed by atoms with van der Waals surface area (Å²) in [5.74, 6) is -1.78. The van der Waals surface area contributed by atoms with Crippen molar-refractivity contribution in [2.45, 2.75) is 13.5 Å². The lowest BCUT2D eigenvalue weighted by molar-refractivity contribution is -0.384. The number of non-ortho nitro benzene ring substituents is 1. The molecule has 3 rings (SSSR count). The minimum absolute atomic E-state index is 0.110. The van der Waals surface area contributed by atoms with E-state index in [1.54, 1.807) is 30.3 Å². The zero-order valence-electron chi connectivity index (χ0n) is 18.9. The van der Waals surface area contributed by atoms with Crippen LogP contribution in [0.25, 0.3) is 6.08 Å². The number of nitro benzene ring substituents is 1. The second kappa shape index (κ2) is 11.9. The van der Waals surface area contributed by atoms with E-state index in [0.717, 1.165) is 17.2 Å². The van der Waals surface area contributed by atoms with Crippen LogP contribution in [0, 0.1) is 17.0 Å². The van der Waals surface area contributed by atoms with Gasteiger partial charge in [0.15, 0.2) is 6.61 Å². The molecule has 0 unspecified atom stereocenters. The van der Waals surface area contributed by atoms with Gasteiger partial charge in [0.25, 0.3) is 17.5 Å². The molecule has 35 heavy (non-hydrogen) atoms. The predicted molar refractivity (Wildman–Crippen MR) is 131 cm³/mol. The molecule has 0 radical (unpaired) electrons. The van der Waals surface area contributed by atoms with Crippen molar-refractivity contribution in [1.82, 2.24) is 5.32 Å². The number of rotatable bonds is 9. The molecule has 0 aromatic heterocycles. The number of hydrogen-bond donors (Lipinski definition) is 2. The van der Waals surface area contributed by atoms with Crippen molar-refractivity contribution in [2.75, 3.05) is 11.9 Å². The molecule has 0 spiro atoms. The van der Waals surface area contributed by atoms with E-state index < -0.39 is 23.4 Å². The minimum Gasteiger partial charge on any atom is -0.452 e. The lowest BCUT2D eigenvalue weighted by Gasteiger charge is -2.11. The number of carbonyl (C=O) groups is 3. The summed E-state index contributed by atoms with van der Waals surface area (Å²) < 4.78 is 4.92. The van der Waals surface area contributed by atoms with Gasteiger partial charge in [0, 0.05) is 24.8 Å². The zero-order chi connectivity index (χ0) is 25.2. The first-order valence-electron chi connectivity index (χ1n) is 10.6. The molecular formula is C26H23N3O6. The molecule has 0 aliphatic rings. The molecule has 0 atom stereocenters. The Balaban J connectivity index is 1.53. The molecule has 0 fully saturated rings. The van der Waals surface area contributed by atoms with Crippen LogP contribution in [0.2, 0.25) is 0 Å². The summed E-state index contributed by atoms with van der Waals surface area (Å²) in [4.78, 5) is 47.1. The third kappa shape index (κ3) is 7.64. The molecule has 3 aromatic carbocycles. The average molecular weight is 473 g/mol. The normalized spacial score (nSPS) is 10.5. The molecule has 2 N–H and O–H groups in total. The Morgan fingerprint density at radius 2 is 1.74 bits per heavy atom. The van der Waals surface area contributed by atoms with Gasteiger partial charge in [0.2, 0.25) is 0 Å². The average Bonchev–Trinajstić information content (AvgIpc) is 2.86. The fourth-order valence-electron chi connectivity index (χ4n) is 3.05. The second-order valence-electron chi connectivity index (χ2n) is 7.56. The number of hydrogen-bond acceptors (Lipinski definition) is 6. The maximum absolute atomic E-state index is 12.6. The van der Waals surface area contributed by atoms with E-state index in [9.17, 15) is 24.5 Å². The number of esters is 1. The summed E-state index contributed by atoms with van der Waals surface area (Å²) >= 11 is 0. The van der Waals surface area contributed by atoms with E-state index in [-0.39, 0.29) is 22.8 Å². The lowest BCUT2D eigenvalue weighted by atomic mass is 10.1. The number of amides is 2. The van der Waals surface area contributed by atoms with Crippen LogP contribution < -0.4 is 10.6 Å². The van der Waals surface area contributed by atoms with Crippen molar-refractivity contribution >= 4 is 35.2 Å². The van der Waals surface area contributed by atoms with Gasteiger partial charge in [0.1, 0.15) is 0 Å². The second-order valence-corrected chi connectivity index (χ2v) is 7.56. The topological polar surface area (TPSA) is 128 Å². The van der Waals surface area contributed by atoms with Gasteiger partial charge in [-0.05, 0) is 36.3 Å². The summed E-state index contributed by atoms with van der Waals surface area (Å²) in [5.41, 5.74) is 2.93. The highest BCUT2D eigenvalue weighted by Gasteiger charge is 2.14. The van der Waals surface area contributed by atoms with Crippen LogP contribution >= 0.6 is 0 Å². The number of ether oxygens (including phenoxy) is 1. The molecule has 0 saturated carbocycles. The standard InChI is InChI=1S/C26H23N3O6/c1-18-9-11-20(12-10-18)16-27-26(32)22-7-2-3-8-23(22)28-24(30)17-35-25(31)14-13-19-5-4-6-21(15-19)29(33)34/h2-15H,16-17H2,1H3,(H,27,32)(H,28,30)/b14-13+. The van der Waals surface area contributed by atoms with Crippen LogP contribution in [0.1, 0.15) is 27.0 Å². The number of para-hydroxylation sites is 1. The third-order valence-corrected chi connectivity index (χ3v) is 4.86. The van der Waals surface area contributed by atoms with Gasteiger partial charge < -0.3 is 15.4 Å². The van der Waals surface area contributed by atoms with Crippen molar-refractivity contribution in [1.29, 1.82) is 0 Å². The molecule has 0 aliphatic heterocycles. The molecule has 0 saturated heterocycles. The van der Waals surface area contributed by atoms with Gasteiger partial charge in [-0.25, -0.2) is 4.79 Å². The Bertz CT molecular complexity index is 1270. The van der Waals surface area contributed by atoms with E-state index in [2.05, 4.69) is 10.6 Å². The number of anilines is 1. The maximum Gasteiger partial charge on any atom is 0.331 e. The Kier molecular flexibility index (Phi) is 8.44. The largest absolute Gasteiger partial charge is 0.452 e. The summed E-state index contributed by atoms with van der Waals surface area (Å²) in [6.45, 7) is 1.74. The predicted octanol–water partition coefficient (Wildman–Crippen LogP) is 4.03. The monoisotopic (exact) mass is 473 g/mol. The van der Waals surface area contributed by atoms with E-state index >= 15 is 0 Å². The molecule has 3 aromatic rings. The first kappa shape index (κ1) is 24.8. The van der Waals surface area contributed by atoms with Crippen LogP contribution in [0.15, 0.2) is 78.9 Å². The molecule has 0 aliphatic carbocycles. The fraction of sp³-hybridized carbons (Fsp3) is 0.115. The highest BCUT2D eigenvalue weighted by atomic mass is 16.6. The summed E-state index contributed by atoms with van der Waals surface area (Å²) in [6.07, 6.45) is 2.42. The lowest BCUT2D eigenvalue weighted by Crippen LogP contribution is -2.26. The van der Waals surface area contributed by atoms with Crippen molar-refractivity contribution in [3.63, 3.8) is 0 Å². The molecule has 0 bridgehead atoms. The summed E-state index contributed by atoms with van der Waals surface area (Å²) in [6, 6.07) is 20.0. The first-order chi connectivity index (χ1) is 16.8. The highest BCUT2D eigenvalue weighted by molar-refractivity contribution is 6.04. The van der Waals surface area contributed by atoms with Gasteiger partial charge in [-0.15, -0.1) is 0 Å². The highest BCUT2D eigenvalue weighted by Crippen LogP contribution is 2.16. The molecule has 9 heteroatoms. The third-order valence-electron chi connectivity index (χ3n) is 4.86. The number of nitro groups is 1. The quantitative estimate of drug-likeness (QED) is 0.209. The van der Waals surface area contributed by atoms with Crippen LogP contribution in [-0.4, -0.2) is 29.3 Å². The smallest absolute Gasteiger partial charge is 0.331 e. The zero-order valence-corrected chi connectivity index (χ0v) is 18.9. The van der Waals surface area contributed by atoms with Gasteiger partial charge in [-0.3, -0.25) is 19.7 Å². The summed E-state index contributed by atoms with van der Waals surface area (Å²) in [7, 11) is 0. The Hall–Kier alpha value is -4.79. The van der Waals surface area contributed by atoms with Crippen LogP contribution in [0.3, 0.4) is 0 Å². The van der Waals surface area contributed by atoms with E-state index in [1.165, 1.54) is 24.3 Å². The number of benzene rings is 3. The maximum atomic E-state index is 12.6. The summed E-state index contributed by atoms with van der Waals surface area (Å²) in [5, 5.41) is 16.2. The molecule has 9 nitrogen and oxygen atoms in total. The van der Waals surface area contributed by atoms with Crippen molar-refractivity contribution in [2.24, 2.45) is 0 Å². The molecule has 178 valence electrons. The van der Waals surface area contributed by atoms with Gasteiger partial charge >= 0.3 is 5.97 Å². The van der Waals surface area contributed by atoms with Crippen molar-refractivity contribution < 1.29 is 24.0 Å². The number of aryl methyl sites for hydroxylation is 1. The van der Waals surface area contributed by atoms with E-state index in [1.807, 2.05) is 31.2 Å². The number of nitrogens with one attached hydrogen (secondary N) is 2. The molecule has 2 amide bonds. The van der Waals surface area contributed by atoms with Crippen LogP contribution in [-0.2, 0) is 20.9 Å². The first-order valence-corrected chi connectivity index (χ1v) is 10.6. The van der Waals surface area contributed by atoms with Crippen LogP contribution in [0.4, 0.5) is 11.4 Å². The fourth-order valence-corrected chi connectivity index (χ4v) is 3.05. The SMILES string of the molecule is Cc1ccc(CNC(=O)c2ccccc2NC(=O)COC(=O)/C=C/c2cccc([N+](=O)[O-])c2)cc1. The Morgan fingerprint density at radius 1 is 1.00 bits per heavy atom. The Morgan fingerprint density at radius 3 is 2.49 bits per heavy atom. The van der Waals surface area contributed by atoms with Gasteiger partial charge in [0.05, 0.1) is 16.2 Å². The van der Waals surface area contributed by atoms with Crippen molar-refractivity contribution in [3.05, 3.63) is 111 Å². The van der Waals surface area contributed by atoms with Crippen molar-refractivity contribution in [3.8, 4) is 0 Å². The molecule has 0 heterocycles. The number of carbonyl (C=O) groups excluding carboxylic acids is 3. The van der Waals surface area contributed by atoms with Gasteiger partial charge in [-0.2, -0.15) is 0 Å². The number of nitrogens with zero attached hydrogens (tertiary/aromatic N) is 1. The Labute approximate surface area is 201 Å². The minimum atomic E-state index is -0.796. The van der Waals surface area contributed by atoms with Crippen LogP contribution in [0.5, 0.6) is 0 Å². The van der Waals surface area contributed by atoms with E-state index in [4.69, 9.17) is 4.74 Å². The van der Waals surface area contributed by atoms with E-state index in [0.29, 0.717) is 12.1 Å².